The number of nitrogens with zero attached hydrogens (tertiary/aromatic N) is 1. The van der Waals surface area contributed by atoms with Crippen LogP contribution < -0.4 is 5.32 Å². The number of aliphatic hydroxyl groups excluding tert-OH is 1. The average molecular weight is 304 g/mol. The van der Waals surface area contributed by atoms with Crippen LogP contribution in [0.3, 0.4) is 0 Å². The molecule has 4 nitrogen and oxygen atoms in total. The molecule has 0 bridgehead atoms. The Morgan fingerprint density at radius 1 is 1.43 bits per heavy atom. The molecule has 1 aromatic carbocycles. The van der Waals surface area contributed by atoms with Gasteiger partial charge in [-0.15, -0.1) is 0 Å². The molecule has 1 unspecified atom stereocenters. The summed E-state index contributed by atoms with van der Waals surface area (Å²) < 4.78 is 38.8. The van der Waals surface area contributed by atoms with Gasteiger partial charge < -0.3 is 15.3 Å². The lowest BCUT2D eigenvalue weighted by Gasteiger charge is -2.19. The topological polar surface area (TPSA) is 52.6 Å². The van der Waals surface area contributed by atoms with Gasteiger partial charge in [-0.3, -0.25) is 4.79 Å². The van der Waals surface area contributed by atoms with Crippen molar-refractivity contribution in [2.75, 3.05) is 26.0 Å². The van der Waals surface area contributed by atoms with Crippen LogP contribution in [0.4, 0.5) is 18.9 Å². The van der Waals surface area contributed by atoms with Gasteiger partial charge in [-0.1, -0.05) is 0 Å². The predicted octanol–water partition coefficient (Wildman–Crippen LogP) is 2.59. The monoisotopic (exact) mass is 304 g/mol. The lowest BCUT2D eigenvalue weighted by Crippen LogP contribution is -2.29. The summed E-state index contributed by atoms with van der Waals surface area (Å²) in [5.41, 5.74) is -0.986. The fraction of sp³-hybridized carbons (Fsp3) is 0.500. The van der Waals surface area contributed by atoms with Crippen molar-refractivity contribution in [3.05, 3.63) is 29.3 Å². The molecule has 0 aliphatic carbocycles. The van der Waals surface area contributed by atoms with Crippen molar-refractivity contribution in [3.8, 4) is 0 Å². The molecule has 0 aliphatic rings. The molecule has 1 aromatic rings. The number of aliphatic hydroxyl groups is 1. The number of hydrogen-bond donors (Lipinski definition) is 2. The average Bonchev–Trinajstić information content (AvgIpc) is 2.42. The Hall–Kier alpha value is -1.76. The predicted molar refractivity (Wildman–Crippen MR) is 74.2 cm³/mol. The molecule has 7 heteroatoms. The van der Waals surface area contributed by atoms with E-state index in [1.165, 1.54) is 31.1 Å². The first-order valence-electron chi connectivity index (χ1n) is 6.49. The first-order chi connectivity index (χ1) is 9.66. The van der Waals surface area contributed by atoms with Crippen molar-refractivity contribution < 1.29 is 23.1 Å². The van der Waals surface area contributed by atoms with Crippen LogP contribution in [0, 0.1) is 0 Å². The van der Waals surface area contributed by atoms with E-state index in [0.717, 1.165) is 6.07 Å². The molecular weight excluding hydrogens is 285 g/mol. The Balaban J connectivity index is 3.01. The molecule has 0 saturated carbocycles. The van der Waals surface area contributed by atoms with Crippen LogP contribution in [0.2, 0.25) is 0 Å². The molecule has 1 rings (SSSR count). The van der Waals surface area contributed by atoms with Gasteiger partial charge in [-0.25, -0.2) is 0 Å². The van der Waals surface area contributed by atoms with E-state index in [-0.39, 0.29) is 17.8 Å². The largest absolute Gasteiger partial charge is 0.418 e. The molecule has 0 aromatic heterocycles. The standard InChI is InChI=1S/C14H19F3N2O2/c1-9(20)6-7-19(3)13(21)10-4-5-12(18-2)11(8-10)14(15,16)17/h4-5,8-9,18,20H,6-7H2,1-3H3. The maximum absolute atomic E-state index is 12.9. The highest BCUT2D eigenvalue weighted by molar-refractivity contribution is 5.94. The van der Waals surface area contributed by atoms with Gasteiger partial charge in [-0.2, -0.15) is 13.2 Å². The van der Waals surface area contributed by atoms with Gasteiger partial charge in [0.05, 0.1) is 11.7 Å². The van der Waals surface area contributed by atoms with Gasteiger partial charge in [-0.05, 0) is 31.5 Å². The number of halogens is 3. The SMILES string of the molecule is CNc1ccc(C(=O)N(C)CCC(C)O)cc1C(F)(F)F. The van der Waals surface area contributed by atoms with Crippen molar-refractivity contribution in [3.63, 3.8) is 0 Å². The minimum atomic E-state index is -4.53. The zero-order chi connectivity index (χ0) is 16.2. The first kappa shape index (κ1) is 17.3. The molecule has 0 radical (unpaired) electrons. The van der Waals surface area contributed by atoms with Gasteiger partial charge in [0, 0.05) is 31.9 Å². The highest BCUT2D eigenvalue weighted by atomic mass is 19.4. The second-order valence-electron chi connectivity index (χ2n) is 4.87. The van der Waals surface area contributed by atoms with Crippen LogP contribution in [-0.2, 0) is 6.18 Å². The Morgan fingerprint density at radius 3 is 2.52 bits per heavy atom. The maximum Gasteiger partial charge on any atom is 0.418 e. The normalized spacial score (nSPS) is 12.9. The van der Waals surface area contributed by atoms with Crippen LogP contribution >= 0.6 is 0 Å². The summed E-state index contributed by atoms with van der Waals surface area (Å²) in [7, 11) is 2.88. The first-order valence-corrected chi connectivity index (χ1v) is 6.49. The molecule has 1 amide bonds. The second kappa shape index (κ2) is 6.80. The Kier molecular flexibility index (Phi) is 5.60. The van der Waals surface area contributed by atoms with Gasteiger partial charge in [0.15, 0.2) is 0 Å². The van der Waals surface area contributed by atoms with E-state index in [4.69, 9.17) is 0 Å². The van der Waals surface area contributed by atoms with E-state index in [9.17, 15) is 23.1 Å². The summed E-state index contributed by atoms with van der Waals surface area (Å²) in [4.78, 5) is 13.4. The van der Waals surface area contributed by atoms with E-state index in [1.54, 1.807) is 6.92 Å². The molecule has 118 valence electrons. The summed E-state index contributed by atoms with van der Waals surface area (Å²) in [6.45, 7) is 1.85. The minimum Gasteiger partial charge on any atom is -0.393 e. The van der Waals surface area contributed by atoms with Crippen LogP contribution in [0.15, 0.2) is 18.2 Å². The Bertz CT molecular complexity index is 501. The smallest absolute Gasteiger partial charge is 0.393 e. The van der Waals surface area contributed by atoms with Crippen LogP contribution in [0.1, 0.15) is 29.3 Å². The third-order valence-corrected chi connectivity index (χ3v) is 3.07. The molecule has 2 N–H and O–H groups in total. The van der Waals surface area contributed by atoms with Gasteiger partial charge in [0.2, 0.25) is 0 Å². The van der Waals surface area contributed by atoms with E-state index < -0.39 is 23.8 Å². The number of rotatable bonds is 5. The highest BCUT2D eigenvalue weighted by Gasteiger charge is 2.34. The lowest BCUT2D eigenvalue weighted by molar-refractivity contribution is -0.136. The fourth-order valence-electron chi connectivity index (χ4n) is 1.83. The van der Waals surface area contributed by atoms with Crippen molar-refractivity contribution in [1.82, 2.24) is 4.90 Å². The molecule has 0 fully saturated rings. The second-order valence-corrected chi connectivity index (χ2v) is 4.87. The van der Waals surface area contributed by atoms with Crippen LogP contribution in [0.5, 0.6) is 0 Å². The number of carbonyl (C=O) groups is 1. The Labute approximate surface area is 121 Å². The number of nitrogens with one attached hydrogen (secondary N) is 1. The molecule has 0 saturated heterocycles. The summed E-state index contributed by atoms with van der Waals surface area (Å²) >= 11 is 0. The van der Waals surface area contributed by atoms with Crippen molar-refractivity contribution in [2.24, 2.45) is 0 Å². The molecule has 0 heterocycles. The number of amides is 1. The summed E-state index contributed by atoms with van der Waals surface area (Å²) in [5.74, 6) is -0.510. The van der Waals surface area contributed by atoms with Crippen molar-refractivity contribution in [2.45, 2.75) is 25.6 Å². The molecule has 1 atom stereocenters. The third kappa shape index (κ3) is 4.63. The zero-order valence-electron chi connectivity index (χ0n) is 12.2. The van der Waals surface area contributed by atoms with Gasteiger partial charge in [0.1, 0.15) is 0 Å². The quantitative estimate of drug-likeness (QED) is 0.879. The van der Waals surface area contributed by atoms with E-state index in [1.807, 2.05) is 0 Å². The summed E-state index contributed by atoms with van der Waals surface area (Å²) in [5, 5.41) is 11.6. The van der Waals surface area contributed by atoms with Gasteiger partial charge >= 0.3 is 6.18 Å². The molecular formula is C14H19F3N2O2. The van der Waals surface area contributed by atoms with E-state index in [0.29, 0.717) is 6.42 Å². The summed E-state index contributed by atoms with van der Waals surface area (Å²) in [6.07, 6.45) is -4.74. The van der Waals surface area contributed by atoms with Crippen LogP contribution in [0.25, 0.3) is 0 Å². The van der Waals surface area contributed by atoms with Crippen LogP contribution in [-0.4, -0.2) is 42.7 Å². The molecule has 0 spiro atoms. The van der Waals surface area contributed by atoms with Gasteiger partial charge in [0.25, 0.3) is 5.91 Å². The highest BCUT2D eigenvalue weighted by Crippen LogP contribution is 2.35. The number of hydrogen-bond acceptors (Lipinski definition) is 3. The number of carbonyl (C=O) groups excluding carboxylic acids is 1. The Morgan fingerprint density at radius 2 is 2.05 bits per heavy atom. The molecule has 21 heavy (non-hydrogen) atoms. The number of anilines is 1. The lowest BCUT2D eigenvalue weighted by atomic mass is 10.1. The minimum absolute atomic E-state index is 0.0329. The van der Waals surface area contributed by atoms with E-state index >= 15 is 0 Å². The number of alkyl halides is 3. The third-order valence-electron chi connectivity index (χ3n) is 3.07. The maximum atomic E-state index is 12.9. The van der Waals surface area contributed by atoms with E-state index in [2.05, 4.69) is 5.32 Å². The summed E-state index contributed by atoms with van der Waals surface area (Å²) in [6, 6.07) is 3.42. The van der Waals surface area contributed by atoms with Crippen molar-refractivity contribution >= 4 is 11.6 Å². The molecule has 0 aliphatic heterocycles. The number of benzene rings is 1. The zero-order valence-corrected chi connectivity index (χ0v) is 12.2. The fourth-order valence-corrected chi connectivity index (χ4v) is 1.83. The van der Waals surface area contributed by atoms with Crippen molar-refractivity contribution in [1.29, 1.82) is 0 Å².